The average Bonchev–Trinajstić information content (AvgIpc) is 3.11. The quantitative estimate of drug-likeness (QED) is 0.765. The molecule has 2 aliphatic heterocycles. The molecule has 2 aromatic rings. The summed E-state index contributed by atoms with van der Waals surface area (Å²) in [5, 5.41) is 5.90. The Bertz CT molecular complexity index is 1100. The molecule has 8 nitrogen and oxygen atoms in total. The van der Waals surface area contributed by atoms with Crippen LogP contribution >= 0.6 is 0 Å². The maximum Gasteiger partial charge on any atom is 0.322 e. The normalized spacial score (nSPS) is 19.1. The van der Waals surface area contributed by atoms with E-state index in [1.54, 1.807) is 36.4 Å². The number of esters is 1. The van der Waals surface area contributed by atoms with Gasteiger partial charge < -0.3 is 24.8 Å². The van der Waals surface area contributed by atoms with E-state index >= 15 is 0 Å². The summed E-state index contributed by atoms with van der Waals surface area (Å²) in [5.74, 6) is -0.00581. The highest BCUT2D eigenvalue weighted by atomic mass is 19.1. The minimum Gasteiger partial charge on any atom is -0.486 e. The van der Waals surface area contributed by atoms with Gasteiger partial charge in [-0.3, -0.25) is 4.79 Å². The molecule has 1 aromatic carbocycles. The van der Waals surface area contributed by atoms with E-state index in [-0.39, 0.29) is 17.7 Å². The van der Waals surface area contributed by atoms with E-state index in [1.807, 2.05) is 0 Å². The summed E-state index contributed by atoms with van der Waals surface area (Å²) in [6, 6.07) is 5.21. The van der Waals surface area contributed by atoms with Gasteiger partial charge in [-0.2, -0.15) is 4.98 Å². The van der Waals surface area contributed by atoms with Gasteiger partial charge in [0.25, 0.3) is 0 Å². The number of allylic oxidation sites excluding steroid dienone is 2. The lowest BCUT2D eigenvalue weighted by molar-refractivity contribution is -0.137. The van der Waals surface area contributed by atoms with Crippen molar-refractivity contribution in [2.45, 2.75) is 0 Å². The van der Waals surface area contributed by atoms with Crippen LogP contribution < -0.4 is 20.1 Å². The van der Waals surface area contributed by atoms with Crippen LogP contribution in [0.3, 0.4) is 0 Å². The Morgan fingerprint density at radius 2 is 1.97 bits per heavy atom. The molecule has 3 heterocycles. The van der Waals surface area contributed by atoms with Crippen LogP contribution in [0.15, 0.2) is 60.2 Å². The zero-order chi connectivity index (χ0) is 19.8. The van der Waals surface area contributed by atoms with Gasteiger partial charge in [0, 0.05) is 23.0 Å². The topological polar surface area (TPSA) is 94.6 Å². The third-order valence-corrected chi connectivity index (χ3v) is 4.53. The lowest BCUT2D eigenvalue weighted by atomic mass is 9.96. The Kier molecular flexibility index (Phi) is 4.12. The molecule has 3 aliphatic rings. The Labute approximate surface area is 164 Å². The van der Waals surface area contributed by atoms with Gasteiger partial charge in [0.1, 0.15) is 19.1 Å². The SMILES string of the molecule is O=C1OC=C2C=CC(Nc3ncc(F)c(Nc4ccc5c(c4)OCCO5)n3)=CC12. The van der Waals surface area contributed by atoms with Crippen LogP contribution in [0, 0.1) is 11.7 Å². The van der Waals surface area contributed by atoms with Crippen molar-refractivity contribution in [2.24, 2.45) is 5.92 Å². The van der Waals surface area contributed by atoms with Crippen LogP contribution in [0.4, 0.5) is 21.8 Å². The Morgan fingerprint density at radius 3 is 2.86 bits per heavy atom. The molecule has 0 spiro atoms. The standard InChI is InChI=1S/C20H15FN4O4/c21-15-9-22-20(24-12-2-1-11-10-29-19(26)14(11)7-12)25-18(15)23-13-3-4-16-17(8-13)28-6-5-27-16/h1-4,7-10,14H,5-6H2,(H2,22,23,24,25). The summed E-state index contributed by atoms with van der Waals surface area (Å²) < 4.78 is 30.2. The molecule has 146 valence electrons. The van der Waals surface area contributed by atoms with E-state index in [2.05, 4.69) is 20.6 Å². The lowest BCUT2D eigenvalue weighted by Crippen LogP contribution is -2.15. The summed E-state index contributed by atoms with van der Waals surface area (Å²) in [7, 11) is 0. The molecule has 1 aromatic heterocycles. The van der Waals surface area contributed by atoms with Crippen molar-refractivity contribution in [3.63, 3.8) is 0 Å². The molecule has 0 radical (unpaired) electrons. The minimum absolute atomic E-state index is 0.000396. The van der Waals surface area contributed by atoms with Gasteiger partial charge in [0.15, 0.2) is 23.1 Å². The zero-order valence-electron chi connectivity index (χ0n) is 15.0. The number of hydrogen-bond acceptors (Lipinski definition) is 8. The highest BCUT2D eigenvalue weighted by molar-refractivity contribution is 5.83. The number of cyclic esters (lactones) is 1. The third-order valence-electron chi connectivity index (χ3n) is 4.53. The van der Waals surface area contributed by atoms with Crippen molar-refractivity contribution < 1.29 is 23.4 Å². The molecule has 0 fully saturated rings. The maximum atomic E-state index is 14.2. The van der Waals surface area contributed by atoms with Crippen molar-refractivity contribution in [3.05, 3.63) is 66.0 Å². The van der Waals surface area contributed by atoms with Gasteiger partial charge in [0.05, 0.1) is 12.5 Å². The first-order valence-corrected chi connectivity index (χ1v) is 8.92. The fraction of sp³-hybridized carbons (Fsp3) is 0.150. The van der Waals surface area contributed by atoms with E-state index < -0.39 is 11.7 Å². The summed E-state index contributed by atoms with van der Waals surface area (Å²) in [6.07, 6.45) is 7.75. The summed E-state index contributed by atoms with van der Waals surface area (Å²) in [4.78, 5) is 19.9. The lowest BCUT2D eigenvalue weighted by Gasteiger charge is -2.19. The molecule has 1 unspecified atom stereocenters. The number of rotatable bonds is 4. The summed E-state index contributed by atoms with van der Waals surface area (Å²) in [5.41, 5.74) is 1.99. The highest BCUT2D eigenvalue weighted by Gasteiger charge is 2.29. The van der Waals surface area contributed by atoms with E-state index in [1.165, 1.54) is 6.26 Å². The molecule has 9 heteroatoms. The molecule has 2 N–H and O–H groups in total. The number of carbonyl (C=O) groups excluding carboxylic acids is 1. The number of halogens is 1. The molecule has 0 amide bonds. The van der Waals surface area contributed by atoms with Crippen LogP contribution in [0.1, 0.15) is 0 Å². The molecule has 0 saturated carbocycles. The number of hydrogen-bond donors (Lipinski definition) is 2. The molecule has 0 saturated heterocycles. The van der Waals surface area contributed by atoms with Gasteiger partial charge >= 0.3 is 5.97 Å². The number of anilines is 3. The summed E-state index contributed by atoms with van der Waals surface area (Å²) >= 11 is 0. The third kappa shape index (κ3) is 3.38. The Balaban J connectivity index is 1.35. The van der Waals surface area contributed by atoms with Crippen molar-refractivity contribution in [1.29, 1.82) is 0 Å². The minimum atomic E-state index is -0.608. The molecule has 1 aliphatic carbocycles. The summed E-state index contributed by atoms with van der Waals surface area (Å²) in [6.45, 7) is 0.954. The van der Waals surface area contributed by atoms with Gasteiger partial charge in [-0.1, -0.05) is 6.08 Å². The number of nitrogens with zero attached hydrogens (tertiary/aromatic N) is 2. The largest absolute Gasteiger partial charge is 0.486 e. The van der Waals surface area contributed by atoms with Gasteiger partial charge in [-0.25, -0.2) is 9.37 Å². The monoisotopic (exact) mass is 394 g/mol. The second kappa shape index (κ2) is 6.93. The number of benzene rings is 1. The van der Waals surface area contributed by atoms with Gasteiger partial charge in [-0.05, 0) is 24.3 Å². The van der Waals surface area contributed by atoms with Crippen molar-refractivity contribution in [3.8, 4) is 11.5 Å². The first-order chi connectivity index (χ1) is 14.2. The van der Waals surface area contributed by atoms with E-state index in [0.29, 0.717) is 36.1 Å². The second-order valence-electron chi connectivity index (χ2n) is 6.49. The van der Waals surface area contributed by atoms with Crippen LogP contribution in [0.25, 0.3) is 0 Å². The molecule has 29 heavy (non-hydrogen) atoms. The predicted octanol–water partition coefficient (Wildman–Crippen LogP) is 3.05. The number of ether oxygens (including phenoxy) is 3. The molecular formula is C20H15FN4O4. The van der Waals surface area contributed by atoms with E-state index in [0.717, 1.165) is 11.8 Å². The van der Waals surface area contributed by atoms with Crippen LogP contribution in [-0.4, -0.2) is 29.2 Å². The number of carbonyl (C=O) groups is 1. The second-order valence-corrected chi connectivity index (χ2v) is 6.49. The predicted molar refractivity (Wildman–Crippen MR) is 101 cm³/mol. The molecule has 1 atom stereocenters. The van der Waals surface area contributed by atoms with Gasteiger partial charge in [0.2, 0.25) is 5.95 Å². The van der Waals surface area contributed by atoms with Crippen LogP contribution in [-0.2, 0) is 9.53 Å². The first-order valence-electron chi connectivity index (χ1n) is 8.92. The molecule has 0 bridgehead atoms. The van der Waals surface area contributed by atoms with E-state index in [9.17, 15) is 9.18 Å². The number of aromatic nitrogens is 2. The first kappa shape index (κ1) is 17.2. The molecular weight excluding hydrogens is 379 g/mol. The fourth-order valence-corrected chi connectivity index (χ4v) is 3.12. The van der Waals surface area contributed by atoms with Crippen LogP contribution in [0.2, 0.25) is 0 Å². The fourth-order valence-electron chi connectivity index (χ4n) is 3.12. The molecule has 5 rings (SSSR count). The van der Waals surface area contributed by atoms with Gasteiger partial charge in [-0.15, -0.1) is 0 Å². The van der Waals surface area contributed by atoms with Crippen molar-refractivity contribution >= 4 is 23.4 Å². The zero-order valence-corrected chi connectivity index (χ0v) is 15.0. The Morgan fingerprint density at radius 1 is 1.10 bits per heavy atom. The number of nitrogens with one attached hydrogen (secondary N) is 2. The van der Waals surface area contributed by atoms with Crippen molar-refractivity contribution in [2.75, 3.05) is 23.8 Å². The van der Waals surface area contributed by atoms with Crippen LogP contribution in [0.5, 0.6) is 11.5 Å². The maximum absolute atomic E-state index is 14.2. The average molecular weight is 394 g/mol. The Hall–Kier alpha value is -3.88. The number of fused-ring (bicyclic) bond motifs is 2. The van der Waals surface area contributed by atoms with Crippen molar-refractivity contribution in [1.82, 2.24) is 9.97 Å². The highest BCUT2D eigenvalue weighted by Crippen LogP contribution is 2.34. The van der Waals surface area contributed by atoms with E-state index in [4.69, 9.17) is 14.2 Å². The smallest absolute Gasteiger partial charge is 0.322 e.